The number of rotatable bonds is 7. The number of nitrogens with one attached hydrogen (secondary N) is 1. The van der Waals surface area contributed by atoms with E-state index in [1.807, 2.05) is 6.26 Å². The molecule has 1 aromatic carbocycles. The summed E-state index contributed by atoms with van der Waals surface area (Å²) in [6.07, 6.45) is 2.40. The van der Waals surface area contributed by atoms with Crippen LogP contribution in [-0.2, 0) is 10.0 Å². The monoisotopic (exact) mass is 321 g/mol. The second-order valence-electron chi connectivity index (χ2n) is 4.97. The van der Waals surface area contributed by atoms with Gasteiger partial charge in [-0.1, -0.05) is 0 Å². The van der Waals surface area contributed by atoms with E-state index in [0.29, 0.717) is 12.0 Å². The Labute approximate surface area is 123 Å². The highest BCUT2D eigenvalue weighted by molar-refractivity contribution is 7.98. The van der Waals surface area contributed by atoms with E-state index in [1.54, 1.807) is 18.7 Å². The van der Waals surface area contributed by atoms with Gasteiger partial charge in [0.15, 0.2) is 0 Å². The second-order valence-corrected chi connectivity index (χ2v) is 7.70. The van der Waals surface area contributed by atoms with Crippen LogP contribution in [0.5, 0.6) is 0 Å². The van der Waals surface area contributed by atoms with Gasteiger partial charge in [-0.25, -0.2) is 17.5 Å². The fraction of sp³-hybridized carbons (Fsp3) is 0.538. The zero-order chi connectivity index (χ0) is 15.4. The molecule has 0 bridgehead atoms. The first kappa shape index (κ1) is 17.4. The van der Waals surface area contributed by atoms with Gasteiger partial charge in [-0.15, -0.1) is 0 Å². The van der Waals surface area contributed by atoms with Crippen molar-refractivity contribution in [2.24, 2.45) is 0 Å². The van der Waals surface area contributed by atoms with E-state index in [0.717, 1.165) is 11.8 Å². The van der Waals surface area contributed by atoms with E-state index < -0.39 is 21.4 Å². The van der Waals surface area contributed by atoms with E-state index in [1.165, 1.54) is 19.1 Å². The van der Waals surface area contributed by atoms with Crippen molar-refractivity contribution < 1.29 is 17.9 Å². The first-order valence-electron chi connectivity index (χ1n) is 6.15. The van der Waals surface area contributed by atoms with Crippen molar-refractivity contribution in [3.63, 3.8) is 0 Å². The van der Waals surface area contributed by atoms with Crippen LogP contribution < -0.4 is 4.72 Å². The lowest BCUT2D eigenvalue weighted by atomic mass is 10.1. The highest BCUT2D eigenvalue weighted by atomic mass is 32.2. The maximum atomic E-state index is 13.0. The molecule has 0 aliphatic heterocycles. The van der Waals surface area contributed by atoms with Gasteiger partial charge in [-0.3, -0.25) is 0 Å². The van der Waals surface area contributed by atoms with Gasteiger partial charge in [0.2, 0.25) is 10.0 Å². The summed E-state index contributed by atoms with van der Waals surface area (Å²) in [6, 6.07) is 3.50. The number of benzene rings is 1. The smallest absolute Gasteiger partial charge is 0.240 e. The van der Waals surface area contributed by atoms with E-state index in [2.05, 4.69) is 4.72 Å². The quantitative estimate of drug-likeness (QED) is 0.805. The normalized spacial score (nSPS) is 15.1. The number of hydrogen-bond donors (Lipinski definition) is 2. The Balaban J connectivity index is 2.80. The second kappa shape index (κ2) is 6.89. The van der Waals surface area contributed by atoms with Crippen LogP contribution in [0.4, 0.5) is 4.39 Å². The molecule has 1 aromatic rings. The third kappa shape index (κ3) is 5.05. The Morgan fingerprint density at radius 3 is 2.65 bits per heavy atom. The molecule has 4 nitrogen and oxygen atoms in total. The van der Waals surface area contributed by atoms with Crippen LogP contribution in [-0.4, -0.2) is 37.7 Å². The predicted molar refractivity (Wildman–Crippen MR) is 79.9 cm³/mol. The molecule has 0 heterocycles. The minimum atomic E-state index is -3.75. The lowest BCUT2D eigenvalue weighted by Crippen LogP contribution is -2.41. The number of sulfonamides is 1. The van der Waals surface area contributed by atoms with Crippen molar-refractivity contribution in [1.82, 2.24) is 4.72 Å². The third-order valence-electron chi connectivity index (χ3n) is 2.91. The number of aliphatic hydroxyl groups is 1. The Kier molecular flexibility index (Phi) is 6.00. The Morgan fingerprint density at radius 2 is 2.10 bits per heavy atom. The van der Waals surface area contributed by atoms with Gasteiger partial charge in [0, 0.05) is 6.54 Å². The van der Waals surface area contributed by atoms with Crippen molar-refractivity contribution in [2.75, 3.05) is 18.6 Å². The molecule has 0 spiro atoms. The first-order chi connectivity index (χ1) is 9.18. The molecule has 0 fully saturated rings. The zero-order valence-corrected chi connectivity index (χ0v) is 13.4. The summed E-state index contributed by atoms with van der Waals surface area (Å²) in [7, 11) is -3.75. The lowest BCUT2D eigenvalue weighted by molar-refractivity contribution is 0.0626. The molecule has 20 heavy (non-hydrogen) atoms. The summed E-state index contributed by atoms with van der Waals surface area (Å²) in [5, 5.41) is 10.1. The summed E-state index contributed by atoms with van der Waals surface area (Å²) in [5.41, 5.74) is -0.773. The molecule has 0 aliphatic rings. The standard InChI is InChI=1S/C13H20FNO3S2/c1-10-8-11(14)4-5-12(10)20(17,18)15-9-13(2,16)6-7-19-3/h4-5,8,15-16H,6-7,9H2,1-3H3. The largest absolute Gasteiger partial charge is 0.389 e. The third-order valence-corrected chi connectivity index (χ3v) is 5.09. The van der Waals surface area contributed by atoms with Crippen LogP contribution in [0.1, 0.15) is 18.9 Å². The van der Waals surface area contributed by atoms with E-state index >= 15 is 0 Å². The number of aryl methyl sites for hydroxylation is 1. The van der Waals surface area contributed by atoms with Crippen molar-refractivity contribution in [3.8, 4) is 0 Å². The summed E-state index contributed by atoms with van der Waals surface area (Å²) in [6.45, 7) is 3.04. The molecule has 0 saturated carbocycles. The van der Waals surface area contributed by atoms with Gasteiger partial charge in [0.25, 0.3) is 0 Å². The molecule has 0 saturated heterocycles. The molecule has 1 rings (SSSR count). The molecule has 1 atom stereocenters. The van der Waals surface area contributed by atoms with Crippen molar-refractivity contribution in [1.29, 1.82) is 0 Å². The average Bonchev–Trinajstić information content (AvgIpc) is 2.34. The Hall–Kier alpha value is -0.630. The maximum absolute atomic E-state index is 13.0. The van der Waals surface area contributed by atoms with E-state index in [9.17, 15) is 17.9 Å². The van der Waals surface area contributed by atoms with E-state index in [-0.39, 0.29) is 11.4 Å². The molecule has 2 N–H and O–H groups in total. The topological polar surface area (TPSA) is 66.4 Å². The maximum Gasteiger partial charge on any atom is 0.240 e. The highest BCUT2D eigenvalue weighted by Gasteiger charge is 2.24. The van der Waals surface area contributed by atoms with Crippen LogP contribution >= 0.6 is 11.8 Å². The van der Waals surface area contributed by atoms with Crippen molar-refractivity contribution in [3.05, 3.63) is 29.6 Å². The summed E-state index contributed by atoms with van der Waals surface area (Å²) in [5.74, 6) is 0.262. The van der Waals surface area contributed by atoms with Gasteiger partial charge in [0.1, 0.15) is 5.82 Å². The molecule has 0 radical (unpaired) electrons. The van der Waals surface area contributed by atoms with Gasteiger partial charge >= 0.3 is 0 Å². The van der Waals surface area contributed by atoms with Crippen LogP contribution in [0, 0.1) is 12.7 Å². The predicted octanol–water partition coefficient (Wildman–Crippen LogP) is 1.92. The molecular weight excluding hydrogens is 301 g/mol. The molecule has 0 aliphatic carbocycles. The molecule has 0 amide bonds. The molecular formula is C13H20FNO3S2. The highest BCUT2D eigenvalue weighted by Crippen LogP contribution is 2.17. The fourth-order valence-electron chi connectivity index (χ4n) is 1.65. The zero-order valence-electron chi connectivity index (χ0n) is 11.8. The minimum Gasteiger partial charge on any atom is -0.389 e. The molecule has 0 aromatic heterocycles. The Morgan fingerprint density at radius 1 is 1.45 bits per heavy atom. The van der Waals surface area contributed by atoms with Gasteiger partial charge in [0.05, 0.1) is 10.5 Å². The minimum absolute atomic E-state index is 0.0274. The number of halogens is 1. The molecule has 114 valence electrons. The molecule has 7 heteroatoms. The van der Waals surface area contributed by atoms with Crippen LogP contribution in [0.15, 0.2) is 23.1 Å². The van der Waals surface area contributed by atoms with E-state index in [4.69, 9.17) is 0 Å². The first-order valence-corrected chi connectivity index (χ1v) is 9.03. The van der Waals surface area contributed by atoms with Crippen molar-refractivity contribution >= 4 is 21.8 Å². The summed E-state index contributed by atoms with van der Waals surface area (Å²) >= 11 is 1.58. The van der Waals surface area contributed by atoms with Crippen LogP contribution in [0.2, 0.25) is 0 Å². The van der Waals surface area contributed by atoms with Gasteiger partial charge in [-0.05, 0) is 56.0 Å². The molecule has 1 unspecified atom stereocenters. The number of hydrogen-bond acceptors (Lipinski definition) is 4. The lowest BCUT2D eigenvalue weighted by Gasteiger charge is -2.23. The van der Waals surface area contributed by atoms with Crippen molar-refractivity contribution in [2.45, 2.75) is 30.8 Å². The fourth-order valence-corrected chi connectivity index (χ4v) is 3.68. The average molecular weight is 321 g/mol. The van der Waals surface area contributed by atoms with Crippen LogP contribution in [0.3, 0.4) is 0 Å². The van der Waals surface area contributed by atoms with Gasteiger partial charge in [-0.2, -0.15) is 11.8 Å². The summed E-state index contributed by atoms with van der Waals surface area (Å²) in [4.78, 5) is 0.0274. The SMILES string of the molecule is CSCCC(C)(O)CNS(=O)(=O)c1ccc(F)cc1C. The number of thioether (sulfide) groups is 1. The Bertz CT molecular complexity index is 559. The van der Waals surface area contributed by atoms with Crippen LogP contribution in [0.25, 0.3) is 0 Å². The van der Waals surface area contributed by atoms with Gasteiger partial charge < -0.3 is 5.11 Å². The summed E-state index contributed by atoms with van der Waals surface area (Å²) < 4.78 is 39.6.